The molecule has 1 aromatic carbocycles. The predicted octanol–water partition coefficient (Wildman–Crippen LogP) is 3.29. The van der Waals surface area contributed by atoms with E-state index in [1.165, 1.54) is 11.1 Å². The molecular weight excluding hydrogens is 234 g/mol. The molecule has 1 saturated heterocycles. The molecule has 2 rings (SSSR count). The quantitative estimate of drug-likeness (QED) is 0.878. The number of ether oxygens (including phenoxy) is 1. The van der Waals surface area contributed by atoms with Gasteiger partial charge in [-0.3, -0.25) is 0 Å². The van der Waals surface area contributed by atoms with Gasteiger partial charge in [0.05, 0.1) is 0 Å². The number of hydrogen-bond acceptors (Lipinski definition) is 2. The van der Waals surface area contributed by atoms with E-state index in [9.17, 15) is 0 Å². The average molecular weight is 261 g/mol. The number of nitrogens with one attached hydrogen (secondary N) is 1. The lowest BCUT2D eigenvalue weighted by Crippen LogP contribution is -2.43. The molecule has 0 aromatic heterocycles. The number of aryl methyl sites for hydroxylation is 1. The summed E-state index contributed by atoms with van der Waals surface area (Å²) in [6.45, 7) is 10.6. The molecule has 1 N–H and O–H groups in total. The van der Waals surface area contributed by atoms with Gasteiger partial charge in [0.1, 0.15) is 0 Å². The second-order valence-electron chi connectivity index (χ2n) is 6.28. The molecule has 1 aromatic rings. The lowest BCUT2D eigenvalue weighted by atomic mass is 9.74. The van der Waals surface area contributed by atoms with Crippen LogP contribution in [0.15, 0.2) is 24.3 Å². The summed E-state index contributed by atoms with van der Waals surface area (Å²) in [4.78, 5) is 0. The van der Waals surface area contributed by atoms with Crippen molar-refractivity contribution in [2.45, 2.75) is 39.0 Å². The van der Waals surface area contributed by atoms with Gasteiger partial charge < -0.3 is 10.1 Å². The van der Waals surface area contributed by atoms with E-state index in [-0.39, 0.29) is 5.41 Å². The molecule has 0 amide bonds. The Morgan fingerprint density at radius 1 is 1.16 bits per heavy atom. The maximum atomic E-state index is 5.57. The van der Waals surface area contributed by atoms with Crippen molar-refractivity contribution in [3.8, 4) is 0 Å². The Kier molecular flexibility index (Phi) is 5.00. The highest BCUT2D eigenvalue weighted by Crippen LogP contribution is 2.34. The molecule has 19 heavy (non-hydrogen) atoms. The fourth-order valence-electron chi connectivity index (χ4n) is 2.84. The van der Waals surface area contributed by atoms with Gasteiger partial charge in [-0.25, -0.2) is 0 Å². The molecule has 0 unspecified atom stereocenters. The highest BCUT2D eigenvalue weighted by atomic mass is 16.5. The highest BCUT2D eigenvalue weighted by molar-refractivity contribution is 5.29. The predicted molar refractivity (Wildman–Crippen MR) is 80.6 cm³/mol. The normalized spacial score (nSPS) is 18.7. The van der Waals surface area contributed by atoms with Gasteiger partial charge in [-0.1, -0.05) is 43.7 Å². The van der Waals surface area contributed by atoms with Gasteiger partial charge in [0.15, 0.2) is 0 Å². The molecule has 106 valence electrons. The zero-order valence-electron chi connectivity index (χ0n) is 12.5. The molecular formula is C17H27NO. The summed E-state index contributed by atoms with van der Waals surface area (Å²) in [5, 5.41) is 3.65. The van der Waals surface area contributed by atoms with E-state index in [0.29, 0.717) is 5.92 Å². The van der Waals surface area contributed by atoms with E-state index >= 15 is 0 Å². The first kappa shape index (κ1) is 14.5. The molecule has 0 atom stereocenters. The van der Waals surface area contributed by atoms with Crippen LogP contribution in [0.3, 0.4) is 0 Å². The Hall–Kier alpha value is -0.860. The van der Waals surface area contributed by atoms with Gasteiger partial charge in [0.25, 0.3) is 0 Å². The van der Waals surface area contributed by atoms with Crippen molar-refractivity contribution in [2.75, 3.05) is 26.3 Å². The minimum Gasteiger partial charge on any atom is -0.381 e. The van der Waals surface area contributed by atoms with Crippen molar-refractivity contribution in [1.82, 2.24) is 5.32 Å². The van der Waals surface area contributed by atoms with E-state index in [2.05, 4.69) is 50.4 Å². The SMILES string of the molecule is Cc1ccc(C2(CNCC(C)C)CCOCC2)cc1. The molecule has 1 heterocycles. The largest absolute Gasteiger partial charge is 0.381 e. The maximum absolute atomic E-state index is 5.57. The number of rotatable bonds is 5. The lowest BCUT2D eigenvalue weighted by Gasteiger charge is -2.38. The van der Waals surface area contributed by atoms with Gasteiger partial charge in [0.2, 0.25) is 0 Å². The van der Waals surface area contributed by atoms with Crippen LogP contribution in [0, 0.1) is 12.8 Å². The van der Waals surface area contributed by atoms with Crippen molar-refractivity contribution < 1.29 is 4.74 Å². The highest BCUT2D eigenvalue weighted by Gasteiger charge is 2.33. The van der Waals surface area contributed by atoms with E-state index in [1.807, 2.05) is 0 Å². The zero-order valence-corrected chi connectivity index (χ0v) is 12.5. The molecule has 1 aliphatic heterocycles. The van der Waals surface area contributed by atoms with Crippen molar-refractivity contribution in [3.05, 3.63) is 35.4 Å². The first-order valence-corrected chi connectivity index (χ1v) is 7.48. The maximum Gasteiger partial charge on any atom is 0.0475 e. The smallest absolute Gasteiger partial charge is 0.0475 e. The summed E-state index contributed by atoms with van der Waals surface area (Å²) in [6.07, 6.45) is 2.25. The van der Waals surface area contributed by atoms with Gasteiger partial charge >= 0.3 is 0 Å². The van der Waals surface area contributed by atoms with Gasteiger partial charge in [-0.05, 0) is 37.8 Å². The molecule has 2 nitrogen and oxygen atoms in total. The minimum atomic E-state index is 0.265. The average Bonchev–Trinajstić information content (AvgIpc) is 2.40. The Bertz CT molecular complexity index is 377. The van der Waals surface area contributed by atoms with Gasteiger partial charge in [-0.15, -0.1) is 0 Å². The zero-order chi connectivity index (χ0) is 13.7. The molecule has 0 saturated carbocycles. The summed E-state index contributed by atoms with van der Waals surface area (Å²) < 4.78 is 5.57. The fourth-order valence-corrected chi connectivity index (χ4v) is 2.84. The monoisotopic (exact) mass is 261 g/mol. The van der Waals surface area contributed by atoms with Crippen LogP contribution < -0.4 is 5.32 Å². The Labute approximate surface area is 117 Å². The third-order valence-corrected chi connectivity index (χ3v) is 4.13. The molecule has 2 heteroatoms. The lowest BCUT2D eigenvalue weighted by molar-refractivity contribution is 0.0497. The van der Waals surface area contributed by atoms with Gasteiger partial charge in [-0.2, -0.15) is 0 Å². The van der Waals surface area contributed by atoms with E-state index in [4.69, 9.17) is 4.74 Å². The van der Waals surface area contributed by atoms with Crippen LogP contribution >= 0.6 is 0 Å². The minimum absolute atomic E-state index is 0.265. The van der Waals surface area contributed by atoms with Crippen LogP contribution in [0.4, 0.5) is 0 Å². The van der Waals surface area contributed by atoms with E-state index in [0.717, 1.165) is 39.1 Å². The molecule has 0 radical (unpaired) electrons. The molecule has 1 aliphatic rings. The van der Waals surface area contributed by atoms with Gasteiger partial charge in [0, 0.05) is 25.2 Å². The van der Waals surface area contributed by atoms with Crippen LogP contribution in [0.5, 0.6) is 0 Å². The third kappa shape index (κ3) is 3.80. The van der Waals surface area contributed by atoms with Crippen LogP contribution in [0.1, 0.15) is 37.8 Å². The van der Waals surface area contributed by atoms with E-state index < -0.39 is 0 Å². The first-order chi connectivity index (χ1) is 9.12. The van der Waals surface area contributed by atoms with Crippen molar-refractivity contribution in [3.63, 3.8) is 0 Å². The summed E-state index contributed by atoms with van der Waals surface area (Å²) in [6, 6.07) is 9.07. The molecule has 1 fully saturated rings. The summed E-state index contributed by atoms with van der Waals surface area (Å²) in [7, 11) is 0. The number of benzene rings is 1. The molecule has 0 aliphatic carbocycles. The van der Waals surface area contributed by atoms with Crippen molar-refractivity contribution >= 4 is 0 Å². The van der Waals surface area contributed by atoms with Crippen molar-refractivity contribution in [2.24, 2.45) is 5.92 Å². The fraction of sp³-hybridized carbons (Fsp3) is 0.647. The standard InChI is InChI=1S/C17H27NO/c1-14(2)12-18-13-17(8-10-19-11-9-17)16-6-4-15(3)5-7-16/h4-7,14,18H,8-13H2,1-3H3. The Morgan fingerprint density at radius 3 is 2.37 bits per heavy atom. The topological polar surface area (TPSA) is 21.3 Å². The summed E-state index contributed by atoms with van der Waals surface area (Å²) >= 11 is 0. The van der Waals surface area contributed by atoms with Crippen LogP contribution in [0.2, 0.25) is 0 Å². The van der Waals surface area contributed by atoms with Crippen LogP contribution in [0.25, 0.3) is 0 Å². The first-order valence-electron chi connectivity index (χ1n) is 7.48. The molecule has 0 bridgehead atoms. The van der Waals surface area contributed by atoms with E-state index in [1.54, 1.807) is 0 Å². The summed E-state index contributed by atoms with van der Waals surface area (Å²) in [5.41, 5.74) is 3.07. The number of hydrogen-bond donors (Lipinski definition) is 1. The summed E-state index contributed by atoms with van der Waals surface area (Å²) in [5.74, 6) is 0.704. The third-order valence-electron chi connectivity index (χ3n) is 4.13. The Balaban J connectivity index is 2.11. The van der Waals surface area contributed by atoms with Crippen LogP contribution in [-0.4, -0.2) is 26.3 Å². The second kappa shape index (κ2) is 6.53. The second-order valence-corrected chi connectivity index (χ2v) is 6.28. The molecule has 0 spiro atoms. The van der Waals surface area contributed by atoms with Crippen molar-refractivity contribution in [1.29, 1.82) is 0 Å². The van der Waals surface area contributed by atoms with Crippen LogP contribution in [-0.2, 0) is 10.2 Å². The Morgan fingerprint density at radius 2 is 1.79 bits per heavy atom.